The van der Waals surface area contributed by atoms with Crippen LogP contribution in [0.25, 0.3) is 11.1 Å². The summed E-state index contributed by atoms with van der Waals surface area (Å²) in [6, 6.07) is 19.7. The van der Waals surface area contributed by atoms with Crippen LogP contribution >= 0.6 is 0 Å². The molecule has 0 atom stereocenters. The van der Waals surface area contributed by atoms with Gasteiger partial charge in [0.2, 0.25) is 0 Å². The maximum absolute atomic E-state index is 12.7. The predicted octanol–water partition coefficient (Wildman–Crippen LogP) is 3.15. The van der Waals surface area contributed by atoms with E-state index >= 15 is 0 Å². The summed E-state index contributed by atoms with van der Waals surface area (Å²) in [6.07, 6.45) is 0. The normalized spacial score (nSPS) is 10.2. The van der Waals surface area contributed by atoms with Gasteiger partial charge in [-0.1, -0.05) is 42.5 Å². The standard InChI is InChI=1S/C20H16N2O3/c1-25-16-9-7-14(8-10-16)13-22-19(23)11-17(18(12-21)20(22)24)15-5-3-2-4-6-15/h2-11,23H,13H2,1H3. The van der Waals surface area contributed by atoms with Gasteiger partial charge in [0.05, 0.1) is 13.7 Å². The molecular weight excluding hydrogens is 316 g/mol. The predicted molar refractivity (Wildman–Crippen MR) is 94.6 cm³/mol. The molecule has 0 unspecified atom stereocenters. The van der Waals surface area contributed by atoms with Gasteiger partial charge in [-0.05, 0) is 23.3 Å². The SMILES string of the molecule is COc1ccc(Cn2c(O)cc(-c3ccccc3)c(C#N)c2=O)cc1. The van der Waals surface area contributed by atoms with E-state index in [9.17, 15) is 15.2 Å². The van der Waals surface area contributed by atoms with Crippen LogP contribution in [0.3, 0.4) is 0 Å². The monoisotopic (exact) mass is 332 g/mol. The van der Waals surface area contributed by atoms with Crippen LogP contribution in [0.2, 0.25) is 0 Å². The van der Waals surface area contributed by atoms with Crippen molar-refractivity contribution < 1.29 is 9.84 Å². The molecule has 0 aliphatic carbocycles. The van der Waals surface area contributed by atoms with Crippen LogP contribution in [-0.2, 0) is 6.54 Å². The van der Waals surface area contributed by atoms with Crippen LogP contribution in [0.5, 0.6) is 11.6 Å². The van der Waals surface area contributed by atoms with E-state index in [1.165, 1.54) is 10.6 Å². The first kappa shape index (κ1) is 16.3. The highest BCUT2D eigenvalue weighted by molar-refractivity contribution is 5.70. The fraction of sp³-hybridized carbons (Fsp3) is 0.100. The minimum absolute atomic E-state index is 0.0116. The molecule has 3 rings (SSSR count). The quantitative estimate of drug-likeness (QED) is 0.796. The van der Waals surface area contributed by atoms with Crippen molar-refractivity contribution in [1.82, 2.24) is 4.57 Å². The van der Waals surface area contributed by atoms with E-state index in [0.717, 1.165) is 5.56 Å². The summed E-state index contributed by atoms with van der Waals surface area (Å²) in [5.74, 6) is 0.524. The Morgan fingerprint density at radius 1 is 1.12 bits per heavy atom. The second-order valence-corrected chi connectivity index (χ2v) is 5.51. The minimum atomic E-state index is -0.517. The number of hydrogen-bond donors (Lipinski definition) is 1. The van der Waals surface area contributed by atoms with E-state index in [1.807, 2.05) is 36.4 Å². The van der Waals surface area contributed by atoms with Crippen molar-refractivity contribution in [2.24, 2.45) is 0 Å². The van der Waals surface area contributed by atoms with E-state index in [-0.39, 0.29) is 18.0 Å². The van der Waals surface area contributed by atoms with Crippen LogP contribution in [0.1, 0.15) is 11.1 Å². The van der Waals surface area contributed by atoms with Gasteiger partial charge in [-0.3, -0.25) is 9.36 Å². The molecule has 0 bridgehead atoms. The molecule has 1 N–H and O–H groups in total. The molecule has 124 valence electrons. The fourth-order valence-electron chi connectivity index (χ4n) is 2.65. The van der Waals surface area contributed by atoms with Crippen molar-refractivity contribution >= 4 is 0 Å². The highest BCUT2D eigenvalue weighted by atomic mass is 16.5. The summed E-state index contributed by atoms with van der Waals surface area (Å²) in [5, 5.41) is 19.8. The molecule has 0 radical (unpaired) electrons. The summed E-state index contributed by atoms with van der Waals surface area (Å²) < 4.78 is 6.29. The van der Waals surface area contributed by atoms with E-state index in [4.69, 9.17) is 4.74 Å². The lowest BCUT2D eigenvalue weighted by molar-refractivity contribution is 0.412. The van der Waals surface area contributed by atoms with Crippen molar-refractivity contribution in [3.63, 3.8) is 0 Å². The number of ether oxygens (including phenoxy) is 1. The fourth-order valence-corrected chi connectivity index (χ4v) is 2.65. The Bertz CT molecular complexity index is 984. The molecule has 0 spiro atoms. The average molecular weight is 332 g/mol. The van der Waals surface area contributed by atoms with Crippen molar-refractivity contribution in [1.29, 1.82) is 5.26 Å². The Morgan fingerprint density at radius 2 is 1.80 bits per heavy atom. The third kappa shape index (κ3) is 3.24. The van der Waals surface area contributed by atoms with Gasteiger partial charge in [-0.15, -0.1) is 0 Å². The lowest BCUT2D eigenvalue weighted by Gasteiger charge is -2.12. The van der Waals surface area contributed by atoms with Crippen molar-refractivity contribution in [3.05, 3.63) is 82.1 Å². The van der Waals surface area contributed by atoms with Crippen molar-refractivity contribution in [2.75, 3.05) is 7.11 Å². The molecule has 3 aromatic rings. The molecule has 0 aliphatic rings. The molecule has 2 aromatic carbocycles. The summed E-state index contributed by atoms with van der Waals surface area (Å²) in [7, 11) is 1.58. The first-order chi connectivity index (χ1) is 12.1. The Hall–Kier alpha value is -3.52. The van der Waals surface area contributed by atoms with Gasteiger partial charge < -0.3 is 9.84 Å². The van der Waals surface area contributed by atoms with E-state index in [2.05, 4.69) is 0 Å². The van der Waals surface area contributed by atoms with Crippen LogP contribution in [0.15, 0.2) is 65.5 Å². The molecular formula is C20H16N2O3. The Morgan fingerprint density at radius 3 is 2.40 bits per heavy atom. The van der Waals surface area contributed by atoms with E-state index in [0.29, 0.717) is 16.9 Å². The lowest BCUT2D eigenvalue weighted by atomic mass is 10.0. The first-order valence-corrected chi connectivity index (χ1v) is 7.69. The Balaban J connectivity index is 2.07. The number of nitrogens with zero attached hydrogens (tertiary/aromatic N) is 2. The number of hydrogen-bond acceptors (Lipinski definition) is 4. The molecule has 5 heteroatoms. The molecule has 0 amide bonds. The number of pyridine rings is 1. The molecule has 0 saturated carbocycles. The summed E-state index contributed by atoms with van der Waals surface area (Å²) in [6.45, 7) is 0.165. The lowest BCUT2D eigenvalue weighted by Crippen LogP contribution is -2.23. The maximum Gasteiger partial charge on any atom is 0.272 e. The van der Waals surface area contributed by atoms with Crippen molar-refractivity contribution in [2.45, 2.75) is 6.54 Å². The van der Waals surface area contributed by atoms with Crippen LogP contribution in [0, 0.1) is 11.3 Å². The van der Waals surface area contributed by atoms with Gasteiger partial charge in [-0.2, -0.15) is 5.26 Å². The molecule has 1 aromatic heterocycles. The first-order valence-electron chi connectivity index (χ1n) is 7.69. The molecule has 25 heavy (non-hydrogen) atoms. The third-order valence-corrected chi connectivity index (χ3v) is 3.97. The second-order valence-electron chi connectivity index (χ2n) is 5.51. The smallest absolute Gasteiger partial charge is 0.272 e. The van der Waals surface area contributed by atoms with Gasteiger partial charge in [-0.25, -0.2) is 0 Å². The number of benzene rings is 2. The average Bonchev–Trinajstić information content (AvgIpc) is 2.66. The zero-order chi connectivity index (χ0) is 17.8. The molecule has 0 aliphatic heterocycles. The second kappa shape index (κ2) is 6.93. The molecule has 1 heterocycles. The topological polar surface area (TPSA) is 75.2 Å². The van der Waals surface area contributed by atoms with Crippen LogP contribution in [0.4, 0.5) is 0 Å². The number of aromatic nitrogens is 1. The van der Waals surface area contributed by atoms with Crippen LogP contribution < -0.4 is 10.3 Å². The van der Waals surface area contributed by atoms with Gasteiger partial charge >= 0.3 is 0 Å². The maximum atomic E-state index is 12.7. The van der Waals surface area contributed by atoms with Gasteiger partial charge in [0, 0.05) is 11.6 Å². The zero-order valence-electron chi connectivity index (χ0n) is 13.6. The van der Waals surface area contributed by atoms with Gasteiger partial charge in [0.15, 0.2) is 5.88 Å². The number of aromatic hydroxyl groups is 1. The van der Waals surface area contributed by atoms with Gasteiger partial charge in [0.25, 0.3) is 5.56 Å². The van der Waals surface area contributed by atoms with E-state index < -0.39 is 5.56 Å². The highest BCUT2D eigenvalue weighted by Crippen LogP contribution is 2.25. The van der Waals surface area contributed by atoms with E-state index in [1.54, 1.807) is 31.4 Å². The molecule has 0 fully saturated rings. The Kier molecular flexibility index (Phi) is 4.53. The zero-order valence-corrected chi connectivity index (χ0v) is 13.6. The van der Waals surface area contributed by atoms with Crippen molar-refractivity contribution in [3.8, 4) is 28.8 Å². The summed E-state index contributed by atoms with van der Waals surface area (Å²) in [4.78, 5) is 12.7. The largest absolute Gasteiger partial charge is 0.497 e. The minimum Gasteiger partial charge on any atom is -0.497 e. The summed E-state index contributed by atoms with van der Waals surface area (Å²) in [5.41, 5.74) is 1.45. The number of rotatable bonds is 4. The van der Waals surface area contributed by atoms with Crippen LogP contribution in [-0.4, -0.2) is 16.8 Å². The highest BCUT2D eigenvalue weighted by Gasteiger charge is 2.16. The molecule has 0 saturated heterocycles. The van der Waals surface area contributed by atoms with Gasteiger partial charge in [0.1, 0.15) is 17.4 Å². The Labute approximate surface area is 145 Å². The molecule has 5 nitrogen and oxygen atoms in total. The number of methoxy groups -OCH3 is 1. The summed E-state index contributed by atoms with van der Waals surface area (Å²) >= 11 is 0. The number of nitriles is 1. The third-order valence-electron chi connectivity index (χ3n) is 3.97.